The Bertz CT molecular complexity index is 1670. The maximum absolute atomic E-state index is 12.9. The van der Waals surface area contributed by atoms with Gasteiger partial charge in [-0.2, -0.15) is 0 Å². The molecule has 0 radical (unpaired) electrons. The largest absolute Gasteiger partial charge is 0.756 e. The van der Waals surface area contributed by atoms with E-state index in [-0.39, 0.29) is 12.5 Å². The smallest absolute Gasteiger partial charge is 0.268 e. The quantitative estimate of drug-likeness (QED) is 0.0272. The molecule has 0 aliphatic heterocycles. The Morgan fingerprint density at radius 1 is 0.500 bits per heavy atom. The van der Waals surface area contributed by atoms with Gasteiger partial charge in [0.1, 0.15) is 13.2 Å². The molecule has 0 rings (SSSR count). The molecule has 0 heterocycles. The number of rotatable bonds is 49. The first-order valence-corrected chi connectivity index (χ1v) is 29.7. The van der Waals surface area contributed by atoms with Gasteiger partial charge in [-0.05, 0) is 109 Å². The summed E-state index contributed by atoms with van der Waals surface area (Å²) in [5, 5.41) is 13.8. The van der Waals surface area contributed by atoms with Gasteiger partial charge in [-0.25, -0.2) is 0 Å². The van der Waals surface area contributed by atoms with Crippen LogP contribution in [0.5, 0.6) is 0 Å². The molecule has 0 spiro atoms. The first-order chi connectivity index (χ1) is 35.0. The molecule has 3 atom stereocenters. The molecule has 0 aromatic rings. The Balaban J connectivity index is 4.08. The van der Waals surface area contributed by atoms with Gasteiger partial charge in [0, 0.05) is 6.42 Å². The number of nitrogens with one attached hydrogen (secondary N) is 1. The molecule has 9 heteroatoms. The van der Waals surface area contributed by atoms with Crippen LogP contribution in [0.1, 0.15) is 194 Å². The predicted molar refractivity (Wildman–Crippen MR) is 311 cm³/mol. The van der Waals surface area contributed by atoms with Crippen molar-refractivity contribution in [1.82, 2.24) is 5.32 Å². The van der Waals surface area contributed by atoms with E-state index in [0.717, 1.165) is 122 Å². The number of nitrogens with zero attached hydrogens (tertiary/aromatic N) is 1. The zero-order valence-electron chi connectivity index (χ0n) is 46.3. The summed E-state index contributed by atoms with van der Waals surface area (Å²) in [5.41, 5.74) is 0. The number of carbonyl (C=O) groups excluding carboxylic acids is 1. The Hall–Kier alpha value is -3.62. The van der Waals surface area contributed by atoms with E-state index in [2.05, 4.69) is 153 Å². The summed E-state index contributed by atoms with van der Waals surface area (Å²) in [5.74, 6) is -0.224. The average Bonchev–Trinajstić information content (AvgIpc) is 3.34. The van der Waals surface area contributed by atoms with Crippen molar-refractivity contribution in [3.05, 3.63) is 146 Å². The first kappa shape index (κ1) is 68.4. The molecule has 0 aliphatic carbocycles. The number of phosphoric ester groups is 1. The van der Waals surface area contributed by atoms with Crippen molar-refractivity contribution in [2.75, 3.05) is 40.9 Å². The highest BCUT2D eigenvalue weighted by molar-refractivity contribution is 7.45. The second kappa shape index (κ2) is 52.3. The molecule has 0 aromatic carbocycles. The van der Waals surface area contributed by atoms with E-state index in [9.17, 15) is 19.4 Å². The van der Waals surface area contributed by atoms with Crippen molar-refractivity contribution in [3.63, 3.8) is 0 Å². The van der Waals surface area contributed by atoms with Gasteiger partial charge in [-0.15, -0.1) is 0 Å². The van der Waals surface area contributed by atoms with Gasteiger partial charge in [-0.3, -0.25) is 9.36 Å². The number of likely N-dealkylation sites (N-methyl/N-ethyl adjacent to an activating group) is 1. The van der Waals surface area contributed by atoms with Crippen LogP contribution in [-0.2, 0) is 18.4 Å². The van der Waals surface area contributed by atoms with Gasteiger partial charge >= 0.3 is 0 Å². The van der Waals surface area contributed by atoms with E-state index < -0.39 is 26.6 Å². The van der Waals surface area contributed by atoms with Crippen LogP contribution >= 0.6 is 7.82 Å². The van der Waals surface area contributed by atoms with E-state index in [1.54, 1.807) is 6.08 Å². The molecule has 1 amide bonds. The van der Waals surface area contributed by atoms with Crippen molar-refractivity contribution < 1.29 is 32.9 Å². The fraction of sp³-hybridized carbons (Fsp3) is 0.603. The van der Waals surface area contributed by atoms with E-state index in [0.29, 0.717) is 17.4 Å². The van der Waals surface area contributed by atoms with Crippen LogP contribution in [0.4, 0.5) is 0 Å². The Kier molecular flexibility index (Phi) is 49.6. The molecule has 8 nitrogen and oxygen atoms in total. The van der Waals surface area contributed by atoms with Gasteiger partial charge in [-0.1, -0.05) is 224 Å². The lowest BCUT2D eigenvalue weighted by Crippen LogP contribution is -2.45. The lowest BCUT2D eigenvalue weighted by Gasteiger charge is -2.29. The number of amides is 1. The first-order valence-electron chi connectivity index (χ1n) is 28.2. The molecule has 0 aliphatic rings. The number of quaternary nitrogens is 1. The molecular formula is C63H105N2O6P. The molecule has 0 saturated heterocycles. The van der Waals surface area contributed by atoms with Crippen LogP contribution in [0, 0.1) is 0 Å². The van der Waals surface area contributed by atoms with Crippen molar-refractivity contribution in [2.45, 2.75) is 206 Å². The number of allylic oxidation sites excluding steroid dienone is 23. The monoisotopic (exact) mass is 1020 g/mol. The number of hydrogen-bond donors (Lipinski definition) is 2. The Labute approximate surface area is 442 Å². The van der Waals surface area contributed by atoms with E-state index in [4.69, 9.17) is 9.05 Å². The third kappa shape index (κ3) is 54.2. The summed E-state index contributed by atoms with van der Waals surface area (Å²) in [6, 6.07) is -0.919. The third-order valence-corrected chi connectivity index (χ3v) is 12.5. The van der Waals surface area contributed by atoms with Crippen molar-refractivity contribution in [3.8, 4) is 0 Å². The molecule has 0 fully saturated rings. The number of carbonyl (C=O) groups is 1. The van der Waals surface area contributed by atoms with Gasteiger partial charge in [0.2, 0.25) is 5.91 Å². The topological polar surface area (TPSA) is 108 Å². The molecule has 72 heavy (non-hydrogen) atoms. The maximum atomic E-state index is 12.9. The van der Waals surface area contributed by atoms with E-state index in [1.165, 1.54) is 51.4 Å². The highest BCUT2D eigenvalue weighted by Gasteiger charge is 2.23. The van der Waals surface area contributed by atoms with E-state index in [1.807, 2.05) is 27.2 Å². The van der Waals surface area contributed by atoms with Crippen LogP contribution in [0.3, 0.4) is 0 Å². The highest BCUT2D eigenvalue weighted by atomic mass is 31.2. The second-order valence-electron chi connectivity index (χ2n) is 19.5. The predicted octanol–water partition coefficient (Wildman–Crippen LogP) is 16.7. The van der Waals surface area contributed by atoms with Gasteiger partial charge < -0.3 is 28.8 Å². The van der Waals surface area contributed by atoms with Crippen LogP contribution in [-0.4, -0.2) is 68.5 Å². The minimum absolute atomic E-state index is 0.0168. The zero-order chi connectivity index (χ0) is 52.7. The van der Waals surface area contributed by atoms with Crippen LogP contribution in [0.15, 0.2) is 146 Å². The summed E-state index contributed by atoms with van der Waals surface area (Å²) in [4.78, 5) is 25.4. The Morgan fingerprint density at radius 2 is 0.861 bits per heavy atom. The molecule has 3 unspecified atom stereocenters. The molecular weight excluding hydrogens is 912 g/mol. The summed E-state index contributed by atoms with van der Waals surface area (Å²) < 4.78 is 23.2. The summed E-state index contributed by atoms with van der Waals surface area (Å²) >= 11 is 0. The lowest BCUT2D eigenvalue weighted by molar-refractivity contribution is -0.870. The zero-order valence-corrected chi connectivity index (χ0v) is 47.2. The number of aliphatic hydroxyl groups excluding tert-OH is 1. The molecule has 0 bridgehead atoms. The van der Waals surface area contributed by atoms with Gasteiger partial charge in [0.15, 0.2) is 0 Å². The van der Waals surface area contributed by atoms with Crippen LogP contribution in [0.25, 0.3) is 0 Å². The van der Waals surface area contributed by atoms with E-state index >= 15 is 0 Å². The number of phosphoric acid groups is 1. The molecule has 0 saturated carbocycles. The fourth-order valence-corrected chi connectivity index (χ4v) is 7.85. The number of unbranched alkanes of at least 4 members (excludes halogenated alkanes) is 14. The maximum Gasteiger partial charge on any atom is 0.268 e. The third-order valence-electron chi connectivity index (χ3n) is 11.5. The standard InChI is InChI=1S/C63H105N2O6P/c1-6-8-10-12-14-16-18-19-20-21-22-23-24-25-26-27-28-29-30-31-32-33-34-35-36-37-38-39-40-41-42-43-44-45-47-49-51-53-55-57-63(67)64-61(60-71-72(68,69)70-59-58-65(3,4)5)62(66)56-54-52-50-48-46-17-15-13-11-9-7-2/h8,10-11,13-14,16,19-20,22-23,25-26,28-29,31-32,34-35,37-38,46,48,54,56,61-62,66H,6-7,9,12,15,17-18,21,24,27,30,33,36,39-45,47,49-53,55,57-60H2,1-5H3,(H-,64,67,68,69)/b10-8-,13-11+,16-14-,20-19-,23-22-,26-25-,29-28-,32-31-,35-34-,38-37-,48-46+,56-54+. The lowest BCUT2D eigenvalue weighted by atomic mass is 10.0. The summed E-state index contributed by atoms with van der Waals surface area (Å²) in [6.45, 7) is 4.39. The Morgan fingerprint density at radius 3 is 1.28 bits per heavy atom. The van der Waals surface area contributed by atoms with Gasteiger partial charge in [0.05, 0.1) is 39.9 Å². The van der Waals surface area contributed by atoms with Crippen LogP contribution in [0.2, 0.25) is 0 Å². The fourth-order valence-electron chi connectivity index (χ4n) is 7.12. The number of aliphatic hydroxyl groups is 1. The number of hydrogen-bond acceptors (Lipinski definition) is 6. The van der Waals surface area contributed by atoms with Crippen LogP contribution < -0.4 is 10.2 Å². The molecule has 408 valence electrons. The second-order valence-corrected chi connectivity index (χ2v) is 20.9. The van der Waals surface area contributed by atoms with Crippen molar-refractivity contribution in [2.24, 2.45) is 0 Å². The minimum atomic E-state index is -4.61. The summed E-state index contributed by atoms with van der Waals surface area (Å²) in [6.07, 6.45) is 80.8. The van der Waals surface area contributed by atoms with Gasteiger partial charge in [0.25, 0.3) is 7.82 Å². The molecule has 0 aromatic heterocycles. The SMILES string of the molecule is CC/C=C\C/C=C\C/C=C\C/C=C\C/C=C\C/C=C\C/C=C\C/C=C\C/C=C\CCCCCCCCCCCCCC(=O)NC(COP(=O)([O-])OCC[N+](C)(C)C)C(O)/C=C/CC/C=C/CC/C=C/CCC. The normalized spacial score (nSPS) is 15.0. The summed E-state index contributed by atoms with van der Waals surface area (Å²) in [7, 11) is 1.21. The van der Waals surface area contributed by atoms with Crippen molar-refractivity contribution in [1.29, 1.82) is 0 Å². The van der Waals surface area contributed by atoms with Crippen molar-refractivity contribution >= 4 is 13.7 Å². The highest BCUT2D eigenvalue weighted by Crippen LogP contribution is 2.38. The molecule has 2 N–H and O–H groups in total. The average molecular weight is 1020 g/mol. The minimum Gasteiger partial charge on any atom is -0.756 e.